The van der Waals surface area contributed by atoms with E-state index in [1.165, 1.54) is 27.8 Å². The highest BCUT2D eigenvalue weighted by Gasteiger charge is 2.18. The second-order valence-corrected chi connectivity index (χ2v) is 12.0. The quantitative estimate of drug-likeness (QED) is 0.165. The van der Waals surface area contributed by atoms with Gasteiger partial charge in [-0.3, -0.25) is 4.79 Å². The fourth-order valence-electron chi connectivity index (χ4n) is 3.84. The number of ether oxygens (including phenoxy) is 2. The molecular weight excluding hydrogens is 568 g/mol. The Morgan fingerprint density at radius 3 is 2.51 bits per heavy atom. The molecule has 0 aliphatic carbocycles. The molecule has 4 aromatic carbocycles. The molecule has 0 bridgehead atoms. The average Bonchev–Trinajstić information content (AvgIpc) is 3.47. The van der Waals surface area contributed by atoms with Crippen molar-refractivity contribution < 1.29 is 14.3 Å². The Hall–Kier alpha value is -2.94. The molecule has 1 N–H and O–H groups in total. The Morgan fingerprint density at radius 1 is 0.946 bits per heavy atom. The van der Waals surface area contributed by atoms with Crippen molar-refractivity contribution in [3.63, 3.8) is 0 Å². The van der Waals surface area contributed by atoms with Gasteiger partial charge in [0.2, 0.25) is 0 Å². The smallest absolute Gasteiger partial charge is 0.277 e. The van der Waals surface area contributed by atoms with Crippen LogP contribution < -0.4 is 14.9 Å². The number of amides is 1. The number of hydrazone groups is 1. The summed E-state index contributed by atoms with van der Waals surface area (Å²) in [5, 5.41) is 6.44. The van der Waals surface area contributed by atoms with Gasteiger partial charge in [0.1, 0.15) is 18.1 Å². The van der Waals surface area contributed by atoms with Crippen molar-refractivity contribution in [2.24, 2.45) is 5.10 Å². The summed E-state index contributed by atoms with van der Waals surface area (Å²) >= 11 is 7.49. The molecule has 1 amide bonds. The molecule has 0 atom stereocenters. The molecule has 0 unspecified atom stereocenters. The van der Waals surface area contributed by atoms with E-state index >= 15 is 0 Å². The van der Waals surface area contributed by atoms with Gasteiger partial charge in [-0.25, -0.2) is 5.43 Å². The Morgan fingerprint density at radius 2 is 1.73 bits per heavy atom. The number of thioether (sulfide) groups is 2. The first kappa shape index (κ1) is 25.7. The minimum Gasteiger partial charge on any atom is -0.488 e. The Labute approximate surface area is 233 Å². The molecule has 5 nitrogen and oxygen atoms in total. The first-order valence-electron chi connectivity index (χ1n) is 11.8. The molecule has 1 aliphatic heterocycles. The van der Waals surface area contributed by atoms with Gasteiger partial charge in [-0.2, -0.15) is 5.10 Å². The lowest BCUT2D eigenvalue weighted by molar-refractivity contribution is -0.123. The van der Waals surface area contributed by atoms with E-state index in [2.05, 4.69) is 68.9 Å². The van der Waals surface area contributed by atoms with Crippen LogP contribution in [0.1, 0.15) is 21.3 Å². The number of carbonyl (C=O) groups is 1. The van der Waals surface area contributed by atoms with Gasteiger partial charge in [0.25, 0.3) is 5.91 Å². The number of hydrogen-bond donors (Lipinski definition) is 1. The second kappa shape index (κ2) is 12.5. The highest BCUT2D eigenvalue weighted by atomic mass is 79.9. The van der Waals surface area contributed by atoms with Crippen LogP contribution >= 0.6 is 39.5 Å². The molecule has 4 aromatic rings. The molecule has 1 saturated heterocycles. The lowest BCUT2D eigenvalue weighted by Crippen LogP contribution is -2.24. The summed E-state index contributed by atoms with van der Waals surface area (Å²) in [6.07, 6.45) is 1.58. The third kappa shape index (κ3) is 7.09. The molecule has 0 spiro atoms. The SMILES string of the molecule is O=C(COc1ccc(C2SCCS2)cc1)N/N=C\c1ccc(OCc2ccc3ccccc3c2)c(Br)c1. The van der Waals surface area contributed by atoms with E-state index in [4.69, 9.17) is 9.47 Å². The Balaban J connectivity index is 1.08. The van der Waals surface area contributed by atoms with Crippen LogP contribution in [0.5, 0.6) is 11.5 Å². The number of nitrogens with zero attached hydrogens (tertiary/aromatic N) is 1. The third-order valence-corrected chi connectivity index (χ3v) is 9.44. The molecule has 0 aromatic heterocycles. The standard InChI is InChI=1S/C29H25BrN2O3S2/c30-26-16-20(6-12-27(26)35-18-21-5-7-22-3-1-2-4-24(22)15-21)17-31-32-28(33)19-34-25-10-8-23(9-11-25)29-36-13-14-37-29/h1-12,15-17,29H,13-14,18-19H2,(H,32,33)/b31-17-. The number of carbonyl (C=O) groups excluding carboxylic acids is 1. The maximum absolute atomic E-state index is 12.1. The predicted molar refractivity (Wildman–Crippen MR) is 158 cm³/mol. The average molecular weight is 594 g/mol. The zero-order valence-corrected chi connectivity index (χ0v) is 23.2. The lowest BCUT2D eigenvalue weighted by Gasteiger charge is -2.10. The van der Waals surface area contributed by atoms with Crippen molar-refractivity contribution in [2.45, 2.75) is 11.2 Å². The van der Waals surface area contributed by atoms with E-state index < -0.39 is 0 Å². The predicted octanol–water partition coefficient (Wildman–Crippen LogP) is 7.19. The third-order valence-electron chi connectivity index (χ3n) is 5.71. The number of nitrogens with one attached hydrogen (secondary N) is 1. The van der Waals surface area contributed by atoms with Gasteiger partial charge in [0, 0.05) is 11.5 Å². The maximum atomic E-state index is 12.1. The van der Waals surface area contributed by atoms with Gasteiger partial charge in [-0.05, 0) is 79.8 Å². The zero-order valence-electron chi connectivity index (χ0n) is 19.9. The fraction of sp³-hybridized carbons (Fsp3) is 0.172. The fourth-order valence-corrected chi connectivity index (χ4v) is 7.21. The van der Waals surface area contributed by atoms with Gasteiger partial charge in [0.15, 0.2) is 6.61 Å². The first-order valence-corrected chi connectivity index (χ1v) is 14.7. The molecule has 8 heteroatoms. The summed E-state index contributed by atoms with van der Waals surface area (Å²) < 4.78 is 12.9. The van der Waals surface area contributed by atoms with Gasteiger partial charge in [-0.15, -0.1) is 23.5 Å². The van der Waals surface area contributed by atoms with Crippen LogP contribution in [0, 0.1) is 0 Å². The van der Waals surface area contributed by atoms with E-state index in [1.54, 1.807) is 6.21 Å². The van der Waals surface area contributed by atoms with E-state index in [0.29, 0.717) is 16.9 Å². The summed E-state index contributed by atoms with van der Waals surface area (Å²) in [5.74, 6) is 3.46. The van der Waals surface area contributed by atoms with Gasteiger partial charge in [-0.1, -0.05) is 48.5 Å². The van der Waals surface area contributed by atoms with E-state index in [0.717, 1.165) is 21.3 Å². The van der Waals surface area contributed by atoms with Crippen LogP contribution in [0.2, 0.25) is 0 Å². The van der Waals surface area contributed by atoms with Gasteiger partial charge >= 0.3 is 0 Å². The van der Waals surface area contributed by atoms with Crippen molar-refractivity contribution in [2.75, 3.05) is 18.1 Å². The van der Waals surface area contributed by atoms with Crippen LogP contribution in [-0.4, -0.2) is 30.2 Å². The number of benzene rings is 4. The highest BCUT2D eigenvalue weighted by Crippen LogP contribution is 2.45. The molecule has 188 valence electrons. The number of rotatable bonds is 9. The molecule has 37 heavy (non-hydrogen) atoms. The van der Waals surface area contributed by atoms with Crippen LogP contribution in [-0.2, 0) is 11.4 Å². The number of hydrogen-bond acceptors (Lipinski definition) is 6. The minimum atomic E-state index is -0.323. The molecule has 0 radical (unpaired) electrons. The maximum Gasteiger partial charge on any atom is 0.277 e. The first-order chi connectivity index (χ1) is 18.1. The second-order valence-electron chi connectivity index (χ2n) is 8.38. The van der Waals surface area contributed by atoms with Crippen molar-refractivity contribution >= 4 is 62.3 Å². The van der Waals surface area contributed by atoms with Crippen molar-refractivity contribution in [1.29, 1.82) is 0 Å². The molecular formula is C29H25BrN2O3S2. The number of halogens is 1. The molecule has 0 saturated carbocycles. The zero-order chi connectivity index (χ0) is 25.5. The molecule has 1 fully saturated rings. The van der Waals surface area contributed by atoms with E-state index in [-0.39, 0.29) is 12.5 Å². The van der Waals surface area contributed by atoms with Crippen LogP contribution in [0.25, 0.3) is 10.8 Å². The summed E-state index contributed by atoms with van der Waals surface area (Å²) in [5.41, 5.74) is 5.71. The van der Waals surface area contributed by atoms with Crippen LogP contribution in [0.4, 0.5) is 0 Å². The summed E-state index contributed by atoms with van der Waals surface area (Å²) in [4.78, 5) is 12.1. The Bertz CT molecular complexity index is 1410. The minimum absolute atomic E-state index is 0.102. The molecule has 1 heterocycles. The topological polar surface area (TPSA) is 59.9 Å². The summed E-state index contributed by atoms with van der Waals surface area (Å²) in [7, 11) is 0. The monoisotopic (exact) mass is 592 g/mol. The van der Waals surface area contributed by atoms with Gasteiger partial charge < -0.3 is 9.47 Å². The Kier molecular flexibility index (Phi) is 8.71. The largest absolute Gasteiger partial charge is 0.488 e. The van der Waals surface area contributed by atoms with Crippen LogP contribution in [0.15, 0.2) is 94.5 Å². The van der Waals surface area contributed by atoms with Gasteiger partial charge in [0.05, 0.1) is 15.3 Å². The summed E-state index contributed by atoms with van der Waals surface area (Å²) in [6, 6.07) is 28.2. The van der Waals surface area contributed by atoms with Crippen molar-refractivity contribution in [1.82, 2.24) is 5.43 Å². The molecule has 1 aliphatic rings. The normalized spacial score (nSPS) is 13.8. The van der Waals surface area contributed by atoms with Crippen molar-refractivity contribution in [3.05, 3.63) is 106 Å². The number of fused-ring (bicyclic) bond motifs is 1. The highest BCUT2D eigenvalue weighted by molar-refractivity contribution is 9.10. The molecule has 5 rings (SSSR count). The van der Waals surface area contributed by atoms with E-state index in [9.17, 15) is 4.79 Å². The summed E-state index contributed by atoms with van der Waals surface area (Å²) in [6.45, 7) is 0.364. The lowest BCUT2D eigenvalue weighted by atomic mass is 10.1. The van der Waals surface area contributed by atoms with E-state index in [1.807, 2.05) is 66.0 Å². The van der Waals surface area contributed by atoms with Crippen LogP contribution in [0.3, 0.4) is 0 Å². The van der Waals surface area contributed by atoms with Crippen molar-refractivity contribution in [3.8, 4) is 11.5 Å².